The Morgan fingerprint density at radius 2 is 1.60 bits per heavy atom. The summed E-state index contributed by atoms with van der Waals surface area (Å²) in [5.74, 6) is 1.29. The minimum atomic E-state index is -0.605. The minimum absolute atomic E-state index is 0.162. The third-order valence-corrected chi connectivity index (χ3v) is 6.15. The van der Waals surface area contributed by atoms with E-state index in [1.54, 1.807) is 38.6 Å². The van der Waals surface area contributed by atoms with E-state index in [4.69, 9.17) is 21.1 Å². The molecular formula is C25H24ClFN6O2. The lowest BCUT2D eigenvalue weighted by atomic mass is 10.1. The first kappa shape index (κ1) is 22.9. The van der Waals surface area contributed by atoms with Gasteiger partial charge >= 0.3 is 0 Å². The molecular weight excluding hydrogens is 471 g/mol. The fourth-order valence-electron chi connectivity index (χ4n) is 4.19. The zero-order valence-corrected chi connectivity index (χ0v) is 20.1. The fraction of sp³-hybridized carbons (Fsp3) is 0.240. The van der Waals surface area contributed by atoms with Gasteiger partial charge in [-0.25, -0.2) is 0 Å². The summed E-state index contributed by atoms with van der Waals surface area (Å²) in [7, 11) is 3.14. The van der Waals surface area contributed by atoms with Crippen molar-refractivity contribution in [2.45, 2.75) is 0 Å². The van der Waals surface area contributed by atoms with Gasteiger partial charge in [0.05, 0.1) is 19.7 Å². The van der Waals surface area contributed by atoms with Crippen LogP contribution in [0, 0.1) is 5.95 Å². The molecule has 0 saturated carbocycles. The Morgan fingerprint density at radius 1 is 0.886 bits per heavy atom. The normalized spacial score (nSPS) is 13.7. The van der Waals surface area contributed by atoms with Crippen LogP contribution in [0.15, 0.2) is 54.7 Å². The smallest absolute Gasteiger partial charge is 0.231 e. The molecule has 1 aliphatic rings. The Labute approximate surface area is 207 Å². The number of rotatable bonds is 6. The lowest BCUT2D eigenvalue weighted by Crippen LogP contribution is -2.47. The Hall–Kier alpha value is -3.85. The molecule has 0 atom stereocenters. The van der Waals surface area contributed by atoms with E-state index in [0.29, 0.717) is 41.1 Å². The van der Waals surface area contributed by atoms with Gasteiger partial charge in [0, 0.05) is 78.4 Å². The van der Waals surface area contributed by atoms with Crippen LogP contribution in [0.1, 0.15) is 0 Å². The highest BCUT2D eigenvalue weighted by atomic mass is 35.5. The highest BCUT2D eigenvalue weighted by molar-refractivity contribution is 6.31. The molecule has 1 aliphatic heterocycles. The molecule has 8 nitrogen and oxygen atoms in total. The standard InChI is InChI=1S/C25H24ClFN6O2/c1-34-18-12-17(13-19(14-18)35-2)29-25-30-23(27)15-24(31-25)33-9-7-32(8-10-33)22-5-6-28-21-11-16(26)3-4-20(21)22/h3-6,11-15H,7-10H2,1-2H3,(H,29,30,31). The molecule has 1 saturated heterocycles. The van der Waals surface area contributed by atoms with E-state index in [9.17, 15) is 4.39 Å². The van der Waals surface area contributed by atoms with Crippen LogP contribution in [-0.2, 0) is 0 Å². The maximum absolute atomic E-state index is 14.4. The lowest BCUT2D eigenvalue weighted by Gasteiger charge is -2.37. The molecule has 10 heteroatoms. The number of methoxy groups -OCH3 is 2. The first-order valence-electron chi connectivity index (χ1n) is 11.1. The number of hydrogen-bond donors (Lipinski definition) is 1. The molecule has 0 amide bonds. The predicted molar refractivity (Wildman–Crippen MR) is 136 cm³/mol. The molecule has 0 unspecified atom stereocenters. The maximum atomic E-state index is 14.4. The quantitative estimate of drug-likeness (QED) is 0.379. The number of fused-ring (bicyclic) bond motifs is 1. The van der Waals surface area contributed by atoms with Gasteiger partial charge in [-0.3, -0.25) is 4.98 Å². The van der Waals surface area contributed by atoms with Gasteiger partial charge in [0.25, 0.3) is 0 Å². The summed E-state index contributed by atoms with van der Waals surface area (Å²) in [6.45, 7) is 2.87. The summed E-state index contributed by atoms with van der Waals surface area (Å²) in [5.41, 5.74) is 2.60. The lowest BCUT2D eigenvalue weighted by molar-refractivity contribution is 0.395. The predicted octanol–water partition coefficient (Wildman–Crippen LogP) is 4.90. The monoisotopic (exact) mass is 494 g/mol. The van der Waals surface area contributed by atoms with Crippen LogP contribution in [0.25, 0.3) is 10.9 Å². The number of aromatic nitrogens is 3. The number of hydrogen-bond acceptors (Lipinski definition) is 8. The van der Waals surface area contributed by atoms with Crippen molar-refractivity contribution in [1.29, 1.82) is 0 Å². The summed E-state index contributed by atoms with van der Waals surface area (Å²) < 4.78 is 25.0. The third-order valence-electron chi connectivity index (χ3n) is 5.92. The van der Waals surface area contributed by atoms with Crippen molar-refractivity contribution in [2.24, 2.45) is 0 Å². The third kappa shape index (κ3) is 5.00. The van der Waals surface area contributed by atoms with Gasteiger partial charge in [-0.1, -0.05) is 11.6 Å². The Balaban J connectivity index is 1.33. The number of halogens is 2. The molecule has 0 bridgehead atoms. The van der Waals surface area contributed by atoms with Crippen LogP contribution in [0.4, 0.5) is 27.5 Å². The van der Waals surface area contributed by atoms with E-state index in [1.165, 1.54) is 6.07 Å². The summed E-state index contributed by atoms with van der Waals surface area (Å²) in [6.07, 6.45) is 1.80. The van der Waals surface area contributed by atoms with Crippen LogP contribution in [0.3, 0.4) is 0 Å². The van der Waals surface area contributed by atoms with Crippen molar-refractivity contribution >= 4 is 45.6 Å². The van der Waals surface area contributed by atoms with E-state index in [0.717, 1.165) is 29.7 Å². The fourth-order valence-corrected chi connectivity index (χ4v) is 4.36. The largest absolute Gasteiger partial charge is 0.497 e. The second-order valence-electron chi connectivity index (χ2n) is 8.06. The number of anilines is 4. The van der Waals surface area contributed by atoms with Crippen LogP contribution in [0.5, 0.6) is 11.5 Å². The molecule has 1 fully saturated rings. The molecule has 1 N–H and O–H groups in total. The number of piperazine rings is 1. The molecule has 180 valence electrons. The Morgan fingerprint density at radius 3 is 2.31 bits per heavy atom. The number of ether oxygens (including phenoxy) is 2. The molecule has 4 aromatic rings. The Bertz CT molecular complexity index is 1340. The van der Waals surface area contributed by atoms with Gasteiger partial charge in [0.2, 0.25) is 11.9 Å². The zero-order chi connectivity index (χ0) is 24.4. The van der Waals surface area contributed by atoms with Gasteiger partial charge in [-0.2, -0.15) is 14.4 Å². The van der Waals surface area contributed by atoms with E-state index >= 15 is 0 Å². The number of benzene rings is 2. The molecule has 2 aromatic carbocycles. The van der Waals surface area contributed by atoms with Crippen molar-refractivity contribution in [3.8, 4) is 11.5 Å². The molecule has 0 aliphatic carbocycles. The van der Waals surface area contributed by atoms with Crippen LogP contribution >= 0.6 is 11.6 Å². The van der Waals surface area contributed by atoms with E-state index in [1.807, 2.05) is 24.3 Å². The first-order chi connectivity index (χ1) is 17.0. The van der Waals surface area contributed by atoms with Gasteiger partial charge in [0.15, 0.2) is 0 Å². The number of nitrogens with one attached hydrogen (secondary N) is 1. The highest BCUT2D eigenvalue weighted by Gasteiger charge is 2.21. The molecule has 0 radical (unpaired) electrons. The Kier molecular flexibility index (Phi) is 6.41. The summed E-state index contributed by atoms with van der Waals surface area (Å²) in [6, 6.07) is 14.4. The van der Waals surface area contributed by atoms with E-state index in [-0.39, 0.29) is 5.95 Å². The van der Waals surface area contributed by atoms with Crippen molar-refractivity contribution in [1.82, 2.24) is 15.0 Å². The van der Waals surface area contributed by atoms with Crippen LogP contribution < -0.4 is 24.6 Å². The molecule has 2 aromatic heterocycles. The highest BCUT2D eigenvalue weighted by Crippen LogP contribution is 2.30. The van der Waals surface area contributed by atoms with Crippen molar-refractivity contribution in [3.63, 3.8) is 0 Å². The van der Waals surface area contributed by atoms with Crippen molar-refractivity contribution in [3.05, 3.63) is 65.7 Å². The summed E-state index contributed by atoms with van der Waals surface area (Å²) in [4.78, 5) is 17.3. The van der Waals surface area contributed by atoms with Crippen LogP contribution in [0.2, 0.25) is 5.02 Å². The topological polar surface area (TPSA) is 75.6 Å². The second-order valence-corrected chi connectivity index (χ2v) is 8.50. The van der Waals surface area contributed by atoms with E-state index < -0.39 is 5.95 Å². The molecule has 35 heavy (non-hydrogen) atoms. The van der Waals surface area contributed by atoms with Crippen molar-refractivity contribution < 1.29 is 13.9 Å². The SMILES string of the molecule is COc1cc(Nc2nc(F)cc(N3CCN(c4ccnc5cc(Cl)ccc45)CC3)n2)cc(OC)c1. The van der Waals surface area contributed by atoms with Gasteiger partial charge in [-0.05, 0) is 24.3 Å². The van der Waals surface area contributed by atoms with E-state index in [2.05, 4.69) is 30.1 Å². The molecule has 0 spiro atoms. The summed E-state index contributed by atoms with van der Waals surface area (Å²) >= 11 is 6.13. The maximum Gasteiger partial charge on any atom is 0.231 e. The molecule has 5 rings (SSSR count). The van der Waals surface area contributed by atoms with Gasteiger partial charge in [0.1, 0.15) is 17.3 Å². The minimum Gasteiger partial charge on any atom is -0.497 e. The average molecular weight is 495 g/mol. The molecule has 3 heterocycles. The number of nitrogens with zero attached hydrogens (tertiary/aromatic N) is 5. The van der Waals surface area contributed by atoms with Crippen LogP contribution in [-0.4, -0.2) is 55.4 Å². The zero-order valence-electron chi connectivity index (χ0n) is 19.3. The first-order valence-corrected chi connectivity index (χ1v) is 11.5. The number of pyridine rings is 1. The van der Waals surface area contributed by atoms with Gasteiger partial charge in [-0.15, -0.1) is 0 Å². The average Bonchev–Trinajstić information content (AvgIpc) is 2.87. The van der Waals surface area contributed by atoms with Crippen molar-refractivity contribution in [2.75, 3.05) is 55.5 Å². The second kappa shape index (κ2) is 9.79. The van der Waals surface area contributed by atoms with Gasteiger partial charge < -0.3 is 24.6 Å². The summed E-state index contributed by atoms with van der Waals surface area (Å²) in [5, 5.41) is 4.77.